The second kappa shape index (κ2) is 4.28. The Labute approximate surface area is 95.4 Å². The second-order valence-corrected chi connectivity index (χ2v) is 3.35. The Morgan fingerprint density at radius 3 is 2.29 bits per heavy atom. The number of nitrogen functional groups attached to an aromatic ring is 1. The first-order valence-electron chi connectivity index (χ1n) is 4.76. The molecule has 0 aliphatic rings. The van der Waals surface area contributed by atoms with Gasteiger partial charge in [0.25, 0.3) is 0 Å². The van der Waals surface area contributed by atoms with Gasteiger partial charge in [0.2, 0.25) is 0 Å². The van der Waals surface area contributed by atoms with Crippen molar-refractivity contribution in [2.24, 2.45) is 10.2 Å². The number of hydrogen-bond donors (Lipinski definition) is 2. The molecular weight excluding hydrogens is 228 g/mol. The Hall–Kier alpha value is -2.31. The quantitative estimate of drug-likeness (QED) is 0.787. The van der Waals surface area contributed by atoms with Gasteiger partial charge in [0, 0.05) is 0 Å². The van der Waals surface area contributed by atoms with Gasteiger partial charge in [-0.25, -0.2) is 8.78 Å². The highest BCUT2D eigenvalue weighted by atomic mass is 19.1. The fourth-order valence-corrected chi connectivity index (χ4v) is 1.25. The number of anilines is 1. The van der Waals surface area contributed by atoms with Gasteiger partial charge in [0.1, 0.15) is 5.69 Å². The van der Waals surface area contributed by atoms with Gasteiger partial charge >= 0.3 is 0 Å². The van der Waals surface area contributed by atoms with Crippen LogP contribution in [-0.2, 0) is 0 Å². The van der Waals surface area contributed by atoms with Crippen molar-refractivity contribution in [3.63, 3.8) is 0 Å². The first-order chi connectivity index (χ1) is 8.09. The predicted molar refractivity (Wildman–Crippen MR) is 58.3 cm³/mol. The third-order valence-corrected chi connectivity index (χ3v) is 2.13. The van der Waals surface area contributed by atoms with E-state index in [-0.39, 0.29) is 11.5 Å². The zero-order valence-electron chi connectivity index (χ0n) is 8.91. The number of aromatic amines is 1. The van der Waals surface area contributed by atoms with Crippen LogP contribution in [0.2, 0.25) is 0 Å². The number of azo groups is 1. The van der Waals surface area contributed by atoms with Crippen molar-refractivity contribution in [3.05, 3.63) is 35.5 Å². The summed E-state index contributed by atoms with van der Waals surface area (Å²) in [6.07, 6.45) is 0. The van der Waals surface area contributed by atoms with Gasteiger partial charge < -0.3 is 5.73 Å². The van der Waals surface area contributed by atoms with Crippen LogP contribution in [-0.4, -0.2) is 10.2 Å². The number of aryl methyl sites for hydroxylation is 1. The van der Waals surface area contributed by atoms with Crippen molar-refractivity contribution in [1.29, 1.82) is 0 Å². The molecule has 0 spiro atoms. The molecule has 0 fully saturated rings. The number of H-pyrrole nitrogens is 1. The molecule has 0 bridgehead atoms. The molecule has 7 heteroatoms. The molecule has 2 aromatic rings. The Kier molecular flexibility index (Phi) is 2.82. The second-order valence-electron chi connectivity index (χ2n) is 3.35. The molecule has 1 aromatic heterocycles. The number of rotatable bonds is 2. The summed E-state index contributed by atoms with van der Waals surface area (Å²) in [4.78, 5) is 0. The molecule has 3 N–H and O–H groups in total. The van der Waals surface area contributed by atoms with E-state index in [4.69, 9.17) is 5.73 Å². The maximum absolute atomic E-state index is 13.2. The third-order valence-electron chi connectivity index (χ3n) is 2.13. The smallest absolute Gasteiger partial charge is 0.173 e. The van der Waals surface area contributed by atoms with Crippen LogP contribution < -0.4 is 5.73 Å². The van der Waals surface area contributed by atoms with Crippen LogP contribution in [0.15, 0.2) is 28.4 Å². The minimum atomic E-state index is -0.784. The lowest BCUT2D eigenvalue weighted by Gasteiger charge is -1.96. The summed E-state index contributed by atoms with van der Waals surface area (Å²) < 4.78 is 26.5. The van der Waals surface area contributed by atoms with E-state index in [1.54, 1.807) is 6.92 Å². The Bertz CT molecular complexity index is 536. The number of nitrogens with two attached hydrogens (primary N) is 1. The Morgan fingerprint density at radius 2 is 1.76 bits per heavy atom. The summed E-state index contributed by atoms with van der Waals surface area (Å²) in [6.45, 7) is 1.68. The van der Waals surface area contributed by atoms with Gasteiger partial charge in [-0.3, -0.25) is 5.10 Å². The molecule has 88 valence electrons. The summed E-state index contributed by atoms with van der Waals surface area (Å²) in [7, 11) is 0. The first-order valence-corrected chi connectivity index (χ1v) is 4.76. The summed E-state index contributed by atoms with van der Waals surface area (Å²) in [6, 6.07) is 3.45. The monoisotopic (exact) mass is 237 g/mol. The van der Waals surface area contributed by atoms with E-state index in [9.17, 15) is 8.78 Å². The van der Waals surface area contributed by atoms with E-state index in [0.717, 1.165) is 12.1 Å². The van der Waals surface area contributed by atoms with Crippen LogP contribution in [0.5, 0.6) is 0 Å². The number of benzene rings is 1. The average molecular weight is 237 g/mol. The summed E-state index contributed by atoms with van der Waals surface area (Å²) in [5.74, 6) is -1.44. The van der Waals surface area contributed by atoms with Gasteiger partial charge in [-0.05, 0) is 19.1 Å². The molecule has 0 amide bonds. The molecular formula is C10H9F2N5. The molecule has 1 aromatic carbocycles. The lowest BCUT2D eigenvalue weighted by atomic mass is 10.3. The average Bonchev–Trinajstić information content (AvgIpc) is 2.59. The third kappa shape index (κ3) is 2.12. The summed E-state index contributed by atoms with van der Waals surface area (Å²) in [5, 5.41) is 13.5. The van der Waals surface area contributed by atoms with Crippen molar-refractivity contribution >= 4 is 17.2 Å². The predicted octanol–water partition coefficient (Wildman–Crippen LogP) is 2.99. The van der Waals surface area contributed by atoms with Gasteiger partial charge in [0.15, 0.2) is 23.1 Å². The molecule has 0 aliphatic heterocycles. The molecule has 0 aliphatic carbocycles. The first kappa shape index (κ1) is 11.2. The van der Waals surface area contributed by atoms with E-state index in [1.807, 2.05) is 0 Å². The van der Waals surface area contributed by atoms with E-state index < -0.39 is 17.3 Å². The summed E-state index contributed by atoms with van der Waals surface area (Å²) >= 11 is 0. The fourth-order valence-electron chi connectivity index (χ4n) is 1.25. The SMILES string of the molecule is Cc1[nH]nc(N)c1N=Nc1c(F)cccc1F. The zero-order valence-corrected chi connectivity index (χ0v) is 8.91. The molecule has 0 unspecified atom stereocenters. The zero-order chi connectivity index (χ0) is 12.4. The van der Waals surface area contributed by atoms with Crippen LogP contribution >= 0.6 is 0 Å². The topological polar surface area (TPSA) is 79.4 Å². The van der Waals surface area contributed by atoms with Crippen LogP contribution in [0.1, 0.15) is 5.69 Å². The highest BCUT2D eigenvalue weighted by Gasteiger charge is 2.09. The van der Waals surface area contributed by atoms with E-state index in [0.29, 0.717) is 5.69 Å². The van der Waals surface area contributed by atoms with Gasteiger partial charge in [-0.2, -0.15) is 5.10 Å². The maximum atomic E-state index is 13.2. The van der Waals surface area contributed by atoms with Crippen LogP contribution in [0.3, 0.4) is 0 Å². The normalized spacial score (nSPS) is 11.2. The number of nitrogens with one attached hydrogen (secondary N) is 1. The van der Waals surface area contributed by atoms with Crippen LogP contribution in [0.4, 0.5) is 26.0 Å². The Balaban J connectivity index is 2.39. The summed E-state index contributed by atoms with van der Waals surface area (Å²) in [5.41, 5.74) is 5.89. The van der Waals surface area contributed by atoms with Gasteiger partial charge in [-0.15, -0.1) is 10.2 Å². The molecule has 0 saturated carbocycles. The molecule has 1 heterocycles. The standard InChI is InChI=1S/C10H9F2N5/c1-5-8(10(13)17-14-5)15-16-9-6(11)3-2-4-7(9)12/h2-4H,1H3,(H3,13,14,17). The van der Waals surface area contributed by atoms with Gasteiger partial charge in [0.05, 0.1) is 5.69 Å². The lowest BCUT2D eigenvalue weighted by Crippen LogP contribution is -1.84. The molecule has 0 radical (unpaired) electrons. The van der Waals surface area contributed by atoms with E-state index in [2.05, 4.69) is 20.4 Å². The van der Waals surface area contributed by atoms with E-state index in [1.165, 1.54) is 6.07 Å². The minimum Gasteiger partial charge on any atom is -0.380 e. The molecule has 0 saturated heterocycles. The number of nitrogens with zero attached hydrogens (tertiary/aromatic N) is 3. The van der Waals surface area contributed by atoms with E-state index >= 15 is 0 Å². The number of hydrogen-bond acceptors (Lipinski definition) is 4. The molecule has 17 heavy (non-hydrogen) atoms. The Morgan fingerprint density at radius 1 is 1.18 bits per heavy atom. The van der Waals surface area contributed by atoms with Crippen LogP contribution in [0.25, 0.3) is 0 Å². The van der Waals surface area contributed by atoms with Crippen molar-refractivity contribution in [2.75, 3.05) is 5.73 Å². The number of halogens is 2. The lowest BCUT2D eigenvalue weighted by molar-refractivity contribution is 0.585. The van der Waals surface area contributed by atoms with Crippen molar-refractivity contribution in [2.45, 2.75) is 6.92 Å². The largest absolute Gasteiger partial charge is 0.380 e. The highest BCUT2D eigenvalue weighted by Crippen LogP contribution is 2.28. The maximum Gasteiger partial charge on any atom is 0.173 e. The molecule has 5 nitrogen and oxygen atoms in total. The number of aromatic nitrogens is 2. The van der Waals surface area contributed by atoms with Gasteiger partial charge in [-0.1, -0.05) is 6.07 Å². The van der Waals surface area contributed by atoms with Crippen LogP contribution in [0, 0.1) is 18.6 Å². The van der Waals surface area contributed by atoms with Crippen molar-refractivity contribution < 1.29 is 8.78 Å². The minimum absolute atomic E-state index is 0.128. The highest BCUT2D eigenvalue weighted by molar-refractivity contribution is 5.59. The van der Waals surface area contributed by atoms with Crippen molar-refractivity contribution in [3.8, 4) is 0 Å². The fraction of sp³-hybridized carbons (Fsp3) is 0.100. The molecule has 2 rings (SSSR count). The van der Waals surface area contributed by atoms with Crippen molar-refractivity contribution in [1.82, 2.24) is 10.2 Å². The molecule has 0 atom stereocenters.